The molecule has 3 unspecified atom stereocenters. The minimum Gasteiger partial charge on any atom is -0.376 e. The minimum absolute atomic E-state index is 0.0451. The first-order chi connectivity index (χ1) is 6.27. The maximum atomic E-state index is 11.2. The molecule has 2 aliphatic heterocycles. The van der Waals surface area contributed by atoms with Crippen molar-refractivity contribution in [1.29, 1.82) is 0 Å². The lowest BCUT2D eigenvalue weighted by molar-refractivity contribution is -0.125. The van der Waals surface area contributed by atoms with E-state index in [-0.39, 0.29) is 24.1 Å². The zero-order chi connectivity index (χ0) is 9.26. The molecule has 0 bridgehead atoms. The maximum absolute atomic E-state index is 11.2. The molecule has 2 heterocycles. The smallest absolute Gasteiger partial charge is 0.220 e. The first-order valence-electron chi connectivity index (χ1n) is 4.94. The van der Waals surface area contributed by atoms with Crippen LogP contribution in [-0.4, -0.2) is 30.7 Å². The van der Waals surface area contributed by atoms with Gasteiger partial charge in [-0.15, -0.1) is 0 Å². The fraction of sp³-hybridized carbons (Fsp3) is 0.889. The van der Waals surface area contributed by atoms with Gasteiger partial charge in [-0.1, -0.05) is 0 Å². The van der Waals surface area contributed by atoms with Crippen molar-refractivity contribution in [1.82, 2.24) is 5.32 Å². The summed E-state index contributed by atoms with van der Waals surface area (Å²) in [5, 5.41) is 2.92. The van der Waals surface area contributed by atoms with Crippen molar-refractivity contribution >= 4 is 5.91 Å². The summed E-state index contributed by atoms with van der Waals surface area (Å²) in [4.78, 5) is 11.2. The Morgan fingerprint density at radius 2 is 2.31 bits per heavy atom. The SMILES string of the molecule is NC1CCC(=O)NC1C1CCCO1. The number of rotatable bonds is 1. The highest BCUT2D eigenvalue weighted by molar-refractivity contribution is 5.77. The van der Waals surface area contributed by atoms with Crippen LogP contribution in [-0.2, 0) is 9.53 Å². The number of piperidine rings is 1. The molecule has 0 aromatic heterocycles. The molecule has 0 saturated carbocycles. The van der Waals surface area contributed by atoms with E-state index in [0.717, 1.165) is 25.9 Å². The number of amides is 1. The van der Waals surface area contributed by atoms with Gasteiger partial charge in [0, 0.05) is 19.1 Å². The predicted molar refractivity (Wildman–Crippen MR) is 48.1 cm³/mol. The summed E-state index contributed by atoms with van der Waals surface area (Å²) in [6.45, 7) is 0.809. The predicted octanol–water partition coefficient (Wildman–Crippen LogP) is -0.229. The lowest BCUT2D eigenvalue weighted by Gasteiger charge is -2.33. The van der Waals surface area contributed by atoms with Crippen molar-refractivity contribution in [3.63, 3.8) is 0 Å². The van der Waals surface area contributed by atoms with E-state index >= 15 is 0 Å². The molecule has 0 aliphatic carbocycles. The fourth-order valence-electron chi connectivity index (χ4n) is 2.10. The molecule has 2 aliphatic rings. The van der Waals surface area contributed by atoms with Gasteiger partial charge in [-0.25, -0.2) is 0 Å². The normalized spacial score (nSPS) is 40.4. The zero-order valence-corrected chi connectivity index (χ0v) is 7.66. The molecule has 13 heavy (non-hydrogen) atoms. The molecule has 2 fully saturated rings. The number of nitrogens with one attached hydrogen (secondary N) is 1. The molecule has 0 spiro atoms. The Bertz CT molecular complexity index is 202. The van der Waals surface area contributed by atoms with Gasteiger partial charge in [0.2, 0.25) is 5.91 Å². The molecule has 3 atom stereocenters. The summed E-state index contributed by atoms with van der Waals surface area (Å²) in [5.74, 6) is 0.113. The van der Waals surface area contributed by atoms with Gasteiger partial charge < -0.3 is 15.8 Å². The van der Waals surface area contributed by atoms with Crippen LogP contribution >= 0.6 is 0 Å². The Morgan fingerprint density at radius 3 is 3.00 bits per heavy atom. The Kier molecular flexibility index (Phi) is 2.51. The van der Waals surface area contributed by atoms with E-state index in [1.807, 2.05) is 0 Å². The second-order valence-electron chi connectivity index (χ2n) is 3.85. The lowest BCUT2D eigenvalue weighted by Crippen LogP contribution is -2.57. The van der Waals surface area contributed by atoms with Crippen LogP contribution in [0.4, 0.5) is 0 Å². The Labute approximate surface area is 77.8 Å². The van der Waals surface area contributed by atoms with Gasteiger partial charge in [-0.2, -0.15) is 0 Å². The Hall–Kier alpha value is -0.610. The molecule has 0 aromatic carbocycles. The highest BCUT2D eigenvalue weighted by Gasteiger charge is 2.34. The summed E-state index contributed by atoms with van der Waals surface area (Å²) in [7, 11) is 0. The minimum atomic E-state index is 0.0451. The van der Waals surface area contributed by atoms with Crippen LogP contribution in [0.3, 0.4) is 0 Å². The van der Waals surface area contributed by atoms with E-state index in [1.165, 1.54) is 0 Å². The van der Waals surface area contributed by atoms with E-state index < -0.39 is 0 Å². The quantitative estimate of drug-likeness (QED) is 0.591. The molecule has 1 amide bonds. The molecule has 4 heteroatoms. The summed E-state index contributed by atoms with van der Waals surface area (Å²) in [5.41, 5.74) is 5.93. The van der Waals surface area contributed by atoms with Gasteiger partial charge in [0.15, 0.2) is 0 Å². The topological polar surface area (TPSA) is 64.4 Å². The summed E-state index contributed by atoms with van der Waals surface area (Å²) >= 11 is 0. The third-order valence-electron chi connectivity index (χ3n) is 2.86. The van der Waals surface area contributed by atoms with Crippen LogP contribution in [0.1, 0.15) is 25.7 Å². The standard InChI is InChI=1S/C9H16N2O2/c10-6-3-4-8(12)11-9(6)7-2-1-5-13-7/h6-7,9H,1-5,10H2,(H,11,12). The molecule has 3 N–H and O–H groups in total. The number of hydrogen-bond acceptors (Lipinski definition) is 3. The molecule has 0 radical (unpaired) electrons. The van der Waals surface area contributed by atoms with E-state index in [0.29, 0.717) is 6.42 Å². The van der Waals surface area contributed by atoms with E-state index in [4.69, 9.17) is 10.5 Å². The summed E-state index contributed by atoms with van der Waals surface area (Å²) in [6, 6.07) is 0.115. The van der Waals surface area contributed by atoms with Gasteiger partial charge in [0.1, 0.15) is 0 Å². The van der Waals surface area contributed by atoms with Crippen molar-refractivity contribution in [2.24, 2.45) is 5.73 Å². The van der Waals surface area contributed by atoms with Crippen LogP contribution in [0.2, 0.25) is 0 Å². The van der Waals surface area contributed by atoms with Gasteiger partial charge in [0.25, 0.3) is 0 Å². The average molecular weight is 184 g/mol. The van der Waals surface area contributed by atoms with Crippen LogP contribution < -0.4 is 11.1 Å². The monoisotopic (exact) mass is 184 g/mol. The number of hydrogen-bond donors (Lipinski definition) is 2. The number of ether oxygens (including phenoxy) is 1. The lowest BCUT2D eigenvalue weighted by atomic mass is 9.93. The van der Waals surface area contributed by atoms with Crippen molar-refractivity contribution in [3.8, 4) is 0 Å². The van der Waals surface area contributed by atoms with Crippen LogP contribution in [0.15, 0.2) is 0 Å². The summed E-state index contributed by atoms with van der Waals surface area (Å²) in [6.07, 6.45) is 3.61. The number of carbonyl (C=O) groups is 1. The first kappa shape index (κ1) is 8.97. The second kappa shape index (κ2) is 3.64. The molecule has 0 aromatic rings. The van der Waals surface area contributed by atoms with Crippen molar-refractivity contribution < 1.29 is 9.53 Å². The molecule has 4 nitrogen and oxygen atoms in total. The highest BCUT2D eigenvalue weighted by atomic mass is 16.5. The van der Waals surface area contributed by atoms with E-state index in [9.17, 15) is 4.79 Å². The van der Waals surface area contributed by atoms with Crippen LogP contribution in [0.25, 0.3) is 0 Å². The number of carbonyl (C=O) groups excluding carboxylic acids is 1. The van der Waals surface area contributed by atoms with Crippen LogP contribution in [0.5, 0.6) is 0 Å². The zero-order valence-electron chi connectivity index (χ0n) is 7.66. The second-order valence-corrected chi connectivity index (χ2v) is 3.85. The molecule has 2 saturated heterocycles. The average Bonchev–Trinajstić information content (AvgIpc) is 2.61. The molecular formula is C9H16N2O2. The summed E-state index contributed by atoms with van der Waals surface area (Å²) < 4.78 is 5.52. The number of nitrogens with two attached hydrogens (primary N) is 1. The van der Waals surface area contributed by atoms with Gasteiger partial charge >= 0.3 is 0 Å². The van der Waals surface area contributed by atoms with Gasteiger partial charge in [0.05, 0.1) is 12.1 Å². The Balaban J connectivity index is 1.98. The molecular weight excluding hydrogens is 168 g/mol. The van der Waals surface area contributed by atoms with Crippen molar-refractivity contribution in [2.45, 2.75) is 43.9 Å². The van der Waals surface area contributed by atoms with E-state index in [1.54, 1.807) is 0 Å². The van der Waals surface area contributed by atoms with Crippen LogP contribution in [0, 0.1) is 0 Å². The van der Waals surface area contributed by atoms with Crippen molar-refractivity contribution in [2.75, 3.05) is 6.61 Å². The first-order valence-corrected chi connectivity index (χ1v) is 4.94. The van der Waals surface area contributed by atoms with Gasteiger partial charge in [-0.3, -0.25) is 4.79 Å². The molecule has 2 rings (SSSR count). The third-order valence-corrected chi connectivity index (χ3v) is 2.86. The van der Waals surface area contributed by atoms with Gasteiger partial charge in [-0.05, 0) is 19.3 Å². The largest absolute Gasteiger partial charge is 0.376 e. The third kappa shape index (κ3) is 1.84. The highest BCUT2D eigenvalue weighted by Crippen LogP contribution is 2.21. The van der Waals surface area contributed by atoms with E-state index in [2.05, 4.69) is 5.32 Å². The Morgan fingerprint density at radius 1 is 1.46 bits per heavy atom. The van der Waals surface area contributed by atoms with Crippen molar-refractivity contribution in [3.05, 3.63) is 0 Å². The fourth-order valence-corrected chi connectivity index (χ4v) is 2.10. The molecule has 74 valence electrons. The maximum Gasteiger partial charge on any atom is 0.220 e.